The molecule has 0 radical (unpaired) electrons. The van der Waals surface area contributed by atoms with Crippen LogP contribution in [0.4, 0.5) is 4.79 Å². The minimum Gasteiger partial charge on any atom is -0.450 e. The first-order chi connectivity index (χ1) is 17.2. The van der Waals surface area contributed by atoms with E-state index in [4.69, 9.17) is 9.84 Å². The van der Waals surface area contributed by atoms with E-state index in [1.54, 1.807) is 0 Å². The Hall–Kier alpha value is -3.72. The predicted molar refractivity (Wildman–Crippen MR) is 137 cm³/mol. The highest BCUT2D eigenvalue weighted by atomic mass is 32.1. The van der Waals surface area contributed by atoms with Crippen molar-refractivity contribution in [2.24, 2.45) is 0 Å². The van der Waals surface area contributed by atoms with E-state index in [9.17, 15) is 14.4 Å². The van der Waals surface area contributed by atoms with Crippen molar-refractivity contribution in [2.45, 2.75) is 51.8 Å². The first-order valence-corrected chi connectivity index (χ1v) is 12.6. The molecule has 2 heterocycles. The summed E-state index contributed by atoms with van der Waals surface area (Å²) in [5, 5.41) is 12.8. The molecule has 1 atom stereocenters. The largest absolute Gasteiger partial charge is 0.507 e. The lowest BCUT2D eigenvalue weighted by Gasteiger charge is -2.32. The highest BCUT2D eigenvalue weighted by Gasteiger charge is 2.40. The smallest absolute Gasteiger partial charge is 0.450 e. The number of hydrogen-bond donors (Lipinski definition) is 2. The van der Waals surface area contributed by atoms with Gasteiger partial charge in [-0.2, -0.15) is 0 Å². The number of hydrogen-bond acceptors (Lipinski definition) is 6. The Labute approximate surface area is 213 Å². The third-order valence-electron chi connectivity index (χ3n) is 6.36. The maximum atomic E-state index is 13.4. The quantitative estimate of drug-likeness (QED) is 0.437. The van der Waals surface area contributed by atoms with Crippen molar-refractivity contribution >= 4 is 29.3 Å². The first kappa shape index (κ1) is 25.4. The molecule has 4 rings (SSSR count). The van der Waals surface area contributed by atoms with Crippen molar-refractivity contribution in [3.63, 3.8) is 0 Å². The Morgan fingerprint density at radius 2 is 1.92 bits per heavy atom. The fourth-order valence-corrected chi connectivity index (χ4v) is 5.32. The van der Waals surface area contributed by atoms with Gasteiger partial charge in [0.25, 0.3) is 5.91 Å². The average Bonchev–Trinajstić information content (AvgIpc) is 3.48. The molecule has 2 amide bonds. The maximum absolute atomic E-state index is 13.4. The van der Waals surface area contributed by atoms with Gasteiger partial charge < -0.3 is 20.1 Å². The van der Waals surface area contributed by atoms with E-state index < -0.39 is 17.8 Å². The molecule has 9 heteroatoms. The summed E-state index contributed by atoms with van der Waals surface area (Å²) >= 11 is 1.36. The third-order valence-corrected chi connectivity index (χ3v) is 7.56. The molecule has 188 valence electrons. The lowest BCUT2D eigenvalue weighted by Crippen LogP contribution is -2.47. The van der Waals surface area contributed by atoms with Gasteiger partial charge in [-0.25, -0.2) is 9.78 Å². The van der Waals surface area contributed by atoms with Crippen LogP contribution in [-0.2, 0) is 21.5 Å². The van der Waals surface area contributed by atoms with E-state index in [2.05, 4.69) is 10.3 Å². The Morgan fingerprint density at radius 3 is 2.64 bits per heavy atom. The molecule has 1 aromatic heterocycles. The lowest BCUT2D eigenvalue weighted by molar-refractivity contribution is -0.144. The number of ether oxygens (including phenoxy) is 1. The van der Waals surface area contributed by atoms with Gasteiger partial charge in [0.05, 0.1) is 11.1 Å². The number of likely N-dealkylation sites (tertiary alicyclic amines) is 1. The van der Waals surface area contributed by atoms with Crippen molar-refractivity contribution in [1.29, 1.82) is 0 Å². The molecule has 1 fully saturated rings. The molecule has 0 saturated carbocycles. The van der Waals surface area contributed by atoms with Gasteiger partial charge in [-0.3, -0.25) is 9.59 Å². The number of rotatable bonds is 7. The summed E-state index contributed by atoms with van der Waals surface area (Å²) in [6.07, 6.45) is -0.972. The van der Waals surface area contributed by atoms with Crippen molar-refractivity contribution < 1.29 is 24.2 Å². The molecule has 2 N–H and O–H groups in total. The normalized spacial score (nSPS) is 15.5. The number of aryl methyl sites for hydroxylation is 1. The zero-order valence-electron chi connectivity index (χ0n) is 20.5. The molecule has 36 heavy (non-hydrogen) atoms. The lowest BCUT2D eigenvalue weighted by atomic mass is 9.82. The minimum atomic E-state index is -1.39. The van der Waals surface area contributed by atoms with Crippen LogP contribution in [0, 0.1) is 6.92 Å². The first-order valence-electron chi connectivity index (χ1n) is 11.8. The Balaban J connectivity index is 1.45. The fourth-order valence-electron chi connectivity index (χ4n) is 4.33. The van der Waals surface area contributed by atoms with Crippen LogP contribution in [0.3, 0.4) is 0 Å². The highest BCUT2D eigenvalue weighted by molar-refractivity contribution is 7.17. The van der Waals surface area contributed by atoms with Crippen LogP contribution in [0.5, 0.6) is 0 Å². The molecule has 8 nitrogen and oxygen atoms in total. The molecule has 1 saturated heterocycles. The second kappa shape index (κ2) is 10.5. The van der Waals surface area contributed by atoms with E-state index in [-0.39, 0.29) is 11.8 Å². The van der Waals surface area contributed by atoms with Crippen molar-refractivity contribution in [2.75, 3.05) is 6.54 Å². The molecule has 3 aromatic rings. The predicted octanol–water partition coefficient (Wildman–Crippen LogP) is 4.97. The molecular weight excluding hydrogens is 478 g/mol. The van der Waals surface area contributed by atoms with E-state index >= 15 is 0 Å². The van der Waals surface area contributed by atoms with E-state index in [1.165, 1.54) is 16.2 Å². The van der Waals surface area contributed by atoms with Gasteiger partial charge in [-0.15, -0.1) is 11.3 Å². The molecule has 0 spiro atoms. The van der Waals surface area contributed by atoms with Crippen molar-refractivity contribution in [3.05, 3.63) is 76.3 Å². The Kier molecular flexibility index (Phi) is 7.40. The molecule has 0 aliphatic carbocycles. The topological polar surface area (TPSA) is 109 Å². The number of aromatic nitrogens is 1. The molecule has 2 aromatic carbocycles. The minimum absolute atomic E-state index is 0.193. The number of thiazole rings is 1. The van der Waals surface area contributed by atoms with Crippen LogP contribution in [0.1, 0.15) is 53.2 Å². The molecular formula is C27H29N3O5S. The summed E-state index contributed by atoms with van der Waals surface area (Å²) in [6, 6.07) is 17.3. The summed E-state index contributed by atoms with van der Waals surface area (Å²) in [7, 11) is 0. The summed E-state index contributed by atoms with van der Waals surface area (Å²) in [6.45, 7) is 6.20. The molecule has 0 unspecified atom stereocenters. The average molecular weight is 508 g/mol. The number of carboxylic acid groups (broad SMARTS) is 1. The summed E-state index contributed by atoms with van der Waals surface area (Å²) in [4.78, 5) is 43.9. The number of carbonyl (C=O) groups excluding carboxylic acids is 2. The fraction of sp³-hybridized carbons (Fsp3) is 0.333. The molecule has 0 bridgehead atoms. The van der Waals surface area contributed by atoms with Crippen molar-refractivity contribution in [3.8, 4) is 10.6 Å². The van der Waals surface area contributed by atoms with Gasteiger partial charge >= 0.3 is 6.16 Å². The monoisotopic (exact) mass is 507 g/mol. The van der Waals surface area contributed by atoms with E-state index in [0.29, 0.717) is 36.5 Å². The van der Waals surface area contributed by atoms with Crippen LogP contribution in [0.15, 0.2) is 54.6 Å². The third kappa shape index (κ3) is 5.41. The number of carbonyl (C=O) groups is 3. The van der Waals surface area contributed by atoms with Gasteiger partial charge in [0, 0.05) is 25.1 Å². The summed E-state index contributed by atoms with van der Waals surface area (Å²) in [5.74, 6) is -0.389. The van der Waals surface area contributed by atoms with Crippen LogP contribution < -0.4 is 5.32 Å². The van der Waals surface area contributed by atoms with Crippen LogP contribution in [0.25, 0.3) is 10.6 Å². The van der Waals surface area contributed by atoms with Gasteiger partial charge in [-0.05, 0) is 38.3 Å². The zero-order valence-corrected chi connectivity index (χ0v) is 21.3. The van der Waals surface area contributed by atoms with E-state index in [0.717, 1.165) is 21.7 Å². The van der Waals surface area contributed by atoms with Gasteiger partial charge in [-0.1, -0.05) is 54.6 Å². The Morgan fingerprint density at radius 1 is 1.17 bits per heavy atom. The second-order valence-electron chi connectivity index (χ2n) is 9.29. The molecule has 1 aliphatic heterocycles. The van der Waals surface area contributed by atoms with Gasteiger partial charge in [0.1, 0.15) is 9.88 Å². The van der Waals surface area contributed by atoms with Crippen LogP contribution >= 0.6 is 11.3 Å². The van der Waals surface area contributed by atoms with Crippen molar-refractivity contribution in [1.82, 2.24) is 15.2 Å². The molecule has 1 aliphatic rings. The number of amides is 2. The summed E-state index contributed by atoms with van der Waals surface area (Å²) in [5.41, 5.74) is 2.38. The Bertz CT molecular complexity index is 1270. The van der Waals surface area contributed by atoms with Gasteiger partial charge in [0.2, 0.25) is 5.91 Å². The SMILES string of the molecule is Cc1nc(-c2ccccc2)sc1C(=O)NCc1cccc(C(C)(C)C(=O)N2CCC[C@H]2OC(=O)O)c1. The van der Waals surface area contributed by atoms with E-state index in [1.807, 2.05) is 75.4 Å². The van der Waals surface area contributed by atoms with Crippen LogP contribution in [0.2, 0.25) is 0 Å². The number of nitrogens with zero attached hydrogens (tertiary/aromatic N) is 2. The zero-order chi connectivity index (χ0) is 25.9. The standard InChI is InChI=1S/C27H29N3O5S/c1-17-22(36-24(29-17)19-10-5-4-6-11-19)23(31)28-16-18-9-7-12-20(15-18)27(2,3)25(32)30-14-8-13-21(30)35-26(33)34/h4-7,9-12,15,21H,8,13-14,16H2,1-3H3,(H,28,31)(H,33,34)/t21-/m1/s1. The van der Waals surface area contributed by atoms with Gasteiger partial charge in [0.15, 0.2) is 6.23 Å². The van der Waals surface area contributed by atoms with Crippen LogP contribution in [-0.4, -0.2) is 45.7 Å². The number of nitrogens with one attached hydrogen (secondary N) is 1. The number of benzene rings is 2. The summed E-state index contributed by atoms with van der Waals surface area (Å²) < 4.78 is 4.92. The maximum Gasteiger partial charge on any atom is 0.507 e. The highest BCUT2D eigenvalue weighted by Crippen LogP contribution is 2.31. The second-order valence-corrected chi connectivity index (χ2v) is 10.3.